The minimum Gasteiger partial charge on any atom is -0.387 e. The van der Waals surface area contributed by atoms with Crippen LogP contribution in [-0.4, -0.2) is 80.5 Å². The Balaban J connectivity index is 1.19. The van der Waals surface area contributed by atoms with Gasteiger partial charge in [-0.25, -0.2) is 14.1 Å². The molecular formula is C41H61N6O9P. The molecule has 1 saturated heterocycles. The van der Waals surface area contributed by atoms with Crippen LogP contribution in [0, 0.1) is 22.7 Å². The van der Waals surface area contributed by atoms with Crippen molar-refractivity contribution in [3.63, 3.8) is 0 Å². The van der Waals surface area contributed by atoms with E-state index < -0.39 is 51.1 Å². The van der Waals surface area contributed by atoms with Crippen LogP contribution < -0.4 is 5.73 Å². The number of benzene rings is 1. The van der Waals surface area contributed by atoms with Gasteiger partial charge in [-0.15, -0.1) is 0 Å². The average molecular weight is 813 g/mol. The standard InChI is InChI=1S/C41H61N6O9P/c1-2-3-4-5-6-7-8-9-10-11-12-13-14-15-16-19-24-52-27-34(53-26-33-21-18-17-20-32(33)25-42)28-54-57(50,51)55-29-36-38(48)39(49)41(30-43,56-36)37-23-22-35-40(44)45-31-46-47(35)37/h17-18,20-23,31,34,36,38-39,48-49H,2-16,19,24,26-29H2,1H3,(H,50,51)(H2,44,45,46)/t34-,36+,38?,39-,41-/m0/s1. The number of nitrogens with zero attached hydrogens (tertiary/aromatic N) is 5. The molecule has 6 atom stereocenters. The molecule has 3 aromatic rings. The van der Waals surface area contributed by atoms with E-state index >= 15 is 0 Å². The average Bonchev–Trinajstić information content (AvgIpc) is 3.76. The Labute approximate surface area is 336 Å². The number of ether oxygens (including phenoxy) is 3. The SMILES string of the molecule is CCCCCCCCCCCCCCCCCCOC[C@@H](COP(=O)(O)OC[C@H]1O[C@@](C#N)(c2ccc3c(N)ncnn23)[C@@H](O)C1O)OCc1ccccc1C#N. The van der Waals surface area contributed by atoms with E-state index in [1.54, 1.807) is 24.3 Å². The van der Waals surface area contributed by atoms with Crippen LogP contribution in [0.1, 0.15) is 126 Å². The topological polar surface area (TPSA) is 228 Å². The first-order chi connectivity index (χ1) is 27.7. The maximum absolute atomic E-state index is 13.0. The van der Waals surface area contributed by atoms with Crippen LogP contribution >= 0.6 is 7.82 Å². The second kappa shape index (κ2) is 24.5. The Morgan fingerprint density at radius 1 is 0.912 bits per heavy atom. The lowest BCUT2D eigenvalue weighted by atomic mass is 9.92. The van der Waals surface area contributed by atoms with Crippen LogP contribution in [0.25, 0.3) is 5.52 Å². The van der Waals surface area contributed by atoms with E-state index in [-0.39, 0.29) is 24.7 Å². The van der Waals surface area contributed by atoms with Gasteiger partial charge in [0.25, 0.3) is 0 Å². The monoisotopic (exact) mass is 812 g/mol. The minimum absolute atomic E-state index is 0.0397. The number of aromatic nitrogens is 3. The molecule has 0 aliphatic carbocycles. The lowest BCUT2D eigenvalue weighted by Crippen LogP contribution is -2.41. The summed E-state index contributed by atoms with van der Waals surface area (Å²) in [6, 6.07) is 14.0. The first-order valence-corrected chi connectivity index (χ1v) is 22.0. The summed E-state index contributed by atoms with van der Waals surface area (Å²) in [6.07, 6.45) is 15.9. The van der Waals surface area contributed by atoms with Crippen molar-refractivity contribution in [1.29, 1.82) is 10.5 Å². The third-order valence-electron chi connectivity index (χ3n) is 10.4. The predicted octanol–water partition coefficient (Wildman–Crippen LogP) is 7.02. The van der Waals surface area contributed by atoms with Crippen molar-refractivity contribution in [3.8, 4) is 12.1 Å². The number of unbranched alkanes of at least 4 members (excludes halogenated alkanes) is 15. The maximum Gasteiger partial charge on any atom is 0.472 e. The van der Waals surface area contributed by atoms with Crippen molar-refractivity contribution in [2.24, 2.45) is 0 Å². The third-order valence-corrected chi connectivity index (χ3v) is 11.3. The Hall–Kier alpha value is -3.47. The number of nitrogen functional groups attached to an aromatic ring is 1. The Bertz CT molecular complexity index is 1770. The highest BCUT2D eigenvalue weighted by Gasteiger charge is 2.58. The molecule has 15 nitrogen and oxygen atoms in total. The summed E-state index contributed by atoms with van der Waals surface area (Å²) < 4.78 is 42.5. The van der Waals surface area contributed by atoms with Gasteiger partial charge in [-0.05, 0) is 30.2 Å². The zero-order chi connectivity index (χ0) is 40.9. The second-order valence-electron chi connectivity index (χ2n) is 14.7. The number of hydrogen-bond acceptors (Lipinski definition) is 13. The molecule has 4 rings (SSSR count). The van der Waals surface area contributed by atoms with Gasteiger partial charge in [-0.1, -0.05) is 121 Å². The molecule has 0 bridgehead atoms. The molecule has 1 aliphatic heterocycles. The number of aliphatic hydroxyl groups excluding tert-OH is 2. The van der Waals surface area contributed by atoms with Crippen molar-refractivity contribution >= 4 is 19.2 Å². The molecule has 2 aromatic heterocycles. The van der Waals surface area contributed by atoms with Crippen LogP contribution in [0.2, 0.25) is 0 Å². The van der Waals surface area contributed by atoms with Gasteiger partial charge in [0.1, 0.15) is 42.3 Å². The van der Waals surface area contributed by atoms with Gasteiger partial charge < -0.3 is 35.1 Å². The van der Waals surface area contributed by atoms with Crippen LogP contribution in [0.5, 0.6) is 0 Å². The molecule has 2 unspecified atom stereocenters. The number of rotatable bonds is 29. The van der Waals surface area contributed by atoms with Crippen molar-refractivity contribution in [2.45, 2.75) is 146 Å². The largest absolute Gasteiger partial charge is 0.472 e. The van der Waals surface area contributed by atoms with Gasteiger partial charge in [0.2, 0.25) is 5.60 Å². The normalized spacial score (nSPS) is 21.0. The summed E-state index contributed by atoms with van der Waals surface area (Å²) in [5.41, 5.74) is 5.31. The van der Waals surface area contributed by atoms with E-state index in [9.17, 15) is 30.2 Å². The molecule has 3 heterocycles. The van der Waals surface area contributed by atoms with Crippen LogP contribution in [0.15, 0.2) is 42.7 Å². The van der Waals surface area contributed by atoms with Gasteiger partial charge in [0, 0.05) is 6.61 Å². The van der Waals surface area contributed by atoms with Crippen LogP contribution in [0.3, 0.4) is 0 Å². The summed E-state index contributed by atoms with van der Waals surface area (Å²) in [4.78, 5) is 14.5. The highest BCUT2D eigenvalue weighted by molar-refractivity contribution is 7.47. The van der Waals surface area contributed by atoms with Gasteiger partial charge in [0.15, 0.2) is 5.82 Å². The number of nitrogens with two attached hydrogens (primary N) is 1. The second-order valence-corrected chi connectivity index (χ2v) is 16.2. The van der Waals surface area contributed by atoms with E-state index in [0.717, 1.165) is 19.3 Å². The molecule has 1 fully saturated rings. The van der Waals surface area contributed by atoms with E-state index in [0.29, 0.717) is 23.3 Å². The number of hydrogen-bond donors (Lipinski definition) is 4. The fourth-order valence-electron chi connectivity index (χ4n) is 7.01. The predicted molar refractivity (Wildman–Crippen MR) is 213 cm³/mol. The summed E-state index contributed by atoms with van der Waals surface area (Å²) in [5.74, 6) is 0.123. The fraction of sp³-hybridized carbons (Fsp3) is 0.659. The van der Waals surface area contributed by atoms with E-state index in [1.165, 1.54) is 106 Å². The van der Waals surface area contributed by atoms with Crippen molar-refractivity contribution in [1.82, 2.24) is 14.6 Å². The summed E-state index contributed by atoms with van der Waals surface area (Å²) in [5, 5.41) is 45.5. The number of phosphoric acid groups is 1. The van der Waals surface area contributed by atoms with Crippen LogP contribution in [-0.2, 0) is 40.0 Å². The molecule has 57 heavy (non-hydrogen) atoms. The van der Waals surface area contributed by atoms with E-state index in [2.05, 4.69) is 23.1 Å². The van der Waals surface area contributed by atoms with Gasteiger partial charge >= 0.3 is 7.82 Å². The lowest BCUT2D eigenvalue weighted by Gasteiger charge is -2.24. The molecule has 0 radical (unpaired) electrons. The molecule has 0 saturated carbocycles. The smallest absolute Gasteiger partial charge is 0.387 e. The van der Waals surface area contributed by atoms with Gasteiger partial charge in [0.05, 0.1) is 43.8 Å². The van der Waals surface area contributed by atoms with Crippen molar-refractivity contribution < 1.29 is 42.9 Å². The highest BCUT2D eigenvalue weighted by Crippen LogP contribution is 2.46. The molecule has 16 heteroatoms. The summed E-state index contributed by atoms with van der Waals surface area (Å²) >= 11 is 0. The molecule has 1 aliphatic rings. The van der Waals surface area contributed by atoms with Crippen LogP contribution in [0.4, 0.5) is 5.82 Å². The van der Waals surface area contributed by atoms with E-state index in [4.69, 9.17) is 29.0 Å². The van der Waals surface area contributed by atoms with E-state index in [1.807, 2.05) is 6.07 Å². The Morgan fingerprint density at radius 2 is 1.54 bits per heavy atom. The number of phosphoric ester groups is 1. The zero-order valence-electron chi connectivity index (χ0n) is 33.3. The molecule has 0 spiro atoms. The molecule has 0 amide bonds. The van der Waals surface area contributed by atoms with Gasteiger partial charge in [-0.2, -0.15) is 15.6 Å². The first kappa shape index (κ1) is 46.2. The fourth-order valence-corrected chi connectivity index (χ4v) is 7.77. The lowest BCUT2D eigenvalue weighted by molar-refractivity contribution is -0.0690. The number of fused-ring (bicyclic) bond motifs is 1. The Morgan fingerprint density at radius 3 is 2.18 bits per heavy atom. The molecule has 314 valence electrons. The quantitative estimate of drug-likeness (QED) is 0.0408. The summed E-state index contributed by atoms with van der Waals surface area (Å²) in [6.45, 7) is 1.75. The Kier molecular flexibility index (Phi) is 19.8. The highest BCUT2D eigenvalue weighted by atomic mass is 31.2. The number of nitriles is 2. The maximum atomic E-state index is 13.0. The van der Waals surface area contributed by atoms with Crippen molar-refractivity contribution in [2.75, 3.05) is 32.2 Å². The van der Waals surface area contributed by atoms with Gasteiger partial charge in [-0.3, -0.25) is 9.05 Å². The third kappa shape index (κ3) is 14.1. The zero-order valence-corrected chi connectivity index (χ0v) is 34.1. The molecule has 1 aromatic carbocycles. The first-order valence-electron chi connectivity index (χ1n) is 20.5. The molecule has 5 N–H and O–H groups in total. The number of anilines is 1. The summed E-state index contributed by atoms with van der Waals surface area (Å²) in [7, 11) is -4.78. The van der Waals surface area contributed by atoms with Crippen molar-refractivity contribution in [3.05, 3.63) is 59.5 Å². The minimum atomic E-state index is -4.78. The number of aliphatic hydroxyl groups is 2. The molecular weight excluding hydrogens is 751 g/mol.